The van der Waals surface area contributed by atoms with Crippen molar-refractivity contribution in [3.8, 4) is 0 Å². The first-order valence-electron chi connectivity index (χ1n) is 5.74. The van der Waals surface area contributed by atoms with E-state index in [1.807, 2.05) is 6.92 Å². The topological polar surface area (TPSA) is 59.2 Å². The molecule has 1 amide bonds. The highest BCUT2D eigenvalue weighted by molar-refractivity contribution is 5.94. The maximum absolute atomic E-state index is 13.4. The van der Waals surface area contributed by atoms with Crippen LogP contribution < -0.4 is 5.73 Å². The first kappa shape index (κ1) is 18.1. The van der Waals surface area contributed by atoms with Gasteiger partial charge in [-0.15, -0.1) is 24.8 Å². The fraction of sp³-hybridized carbons (Fsp3) is 0.500. The Hall–Kier alpha value is -0.910. The minimum Gasteiger partial charge on any atom is -0.338 e. The molecule has 1 aliphatic heterocycles. The molecule has 0 aromatic carbocycles. The molecule has 2 N–H and O–H groups in total. The van der Waals surface area contributed by atoms with E-state index in [4.69, 9.17) is 5.73 Å². The Labute approximate surface area is 124 Å². The summed E-state index contributed by atoms with van der Waals surface area (Å²) < 4.78 is 13.4. The van der Waals surface area contributed by atoms with Gasteiger partial charge in [0.25, 0.3) is 5.91 Å². The zero-order valence-electron chi connectivity index (χ0n) is 10.6. The highest BCUT2D eigenvalue weighted by atomic mass is 35.5. The number of halogens is 3. The molecular formula is C12H18Cl2FN3O. The van der Waals surface area contributed by atoms with Crippen molar-refractivity contribution >= 4 is 30.7 Å². The number of hydrogen-bond donors (Lipinski definition) is 1. The van der Waals surface area contributed by atoms with Crippen LogP contribution in [0.5, 0.6) is 0 Å². The second-order valence-electron chi connectivity index (χ2n) is 4.51. The average molecular weight is 310 g/mol. The molecule has 108 valence electrons. The second-order valence-corrected chi connectivity index (χ2v) is 4.51. The van der Waals surface area contributed by atoms with Gasteiger partial charge in [0.2, 0.25) is 0 Å². The Morgan fingerprint density at radius 3 is 2.79 bits per heavy atom. The Balaban J connectivity index is 0.00000162. The van der Waals surface area contributed by atoms with E-state index in [0.29, 0.717) is 19.0 Å². The maximum atomic E-state index is 13.4. The smallest absolute Gasteiger partial charge is 0.256 e. The fourth-order valence-electron chi connectivity index (χ4n) is 2.12. The van der Waals surface area contributed by atoms with Crippen molar-refractivity contribution in [3.63, 3.8) is 0 Å². The number of nitrogens with zero attached hydrogens (tertiary/aromatic N) is 2. The molecule has 0 saturated carbocycles. The Bertz CT molecular complexity index is 431. The lowest BCUT2D eigenvalue weighted by Crippen LogP contribution is -2.33. The molecule has 1 aromatic rings. The highest BCUT2D eigenvalue weighted by Crippen LogP contribution is 2.21. The molecule has 1 aromatic heterocycles. The largest absolute Gasteiger partial charge is 0.338 e. The third-order valence-corrected chi connectivity index (χ3v) is 3.26. The monoisotopic (exact) mass is 309 g/mol. The van der Waals surface area contributed by atoms with Gasteiger partial charge in [-0.25, -0.2) is 4.39 Å². The zero-order valence-corrected chi connectivity index (χ0v) is 12.2. The fourth-order valence-corrected chi connectivity index (χ4v) is 2.12. The minimum absolute atomic E-state index is 0. The number of likely N-dealkylation sites (tertiary alicyclic amines) is 1. The molecule has 1 saturated heterocycles. The molecule has 0 spiro atoms. The molecule has 0 radical (unpaired) electrons. The van der Waals surface area contributed by atoms with Crippen molar-refractivity contribution in [3.05, 3.63) is 29.8 Å². The Morgan fingerprint density at radius 1 is 1.58 bits per heavy atom. The van der Waals surface area contributed by atoms with E-state index in [-0.39, 0.29) is 42.3 Å². The van der Waals surface area contributed by atoms with E-state index in [1.165, 1.54) is 12.3 Å². The Morgan fingerprint density at radius 2 is 2.26 bits per heavy atom. The highest BCUT2D eigenvalue weighted by Gasteiger charge is 2.29. The number of nitrogens with two attached hydrogens (primary N) is 1. The summed E-state index contributed by atoms with van der Waals surface area (Å²) in [6.07, 6.45) is 3.37. The van der Waals surface area contributed by atoms with Crippen LogP contribution in [-0.2, 0) is 0 Å². The molecule has 0 aliphatic carbocycles. The predicted octanol–water partition coefficient (Wildman–Crippen LogP) is 1.87. The van der Waals surface area contributed by atoms with Gasteiger partial charge in [0.1, 0.15) is 0 Å². The lowest BCUT2D eigenvalue weighted by molar-refractivity contribution is 0.0781. The summed E-state index contributed by atoms with van der Waals surface area (Å²) in [6, 6.07) is 1.48. The predicted molar refractivity (Wildman–Crippen MR) is 76.4 cm³/mol. The van der Waals surface area contributed by atoms with Gasteiger partial charge in [-0.1, -0.05) is 0 Å². The van der Waals surface area contributed by atoms with Crippen molar-refractivity contribution in [1.82, 2.24) is 9.88 Å². The molecule has 0 bridgehead atoms. The van der Waals surface area contributed by atoms with E-state index < -0.39 is 5.82 Å². The summed E-state index contributed by atoms with van der Waals surface area (Å²) in [7, 11) is 0. The van der Waals surface area contributed by atoms with Crippen LogP contribution in [0.1, 0.15) is 23.7 Å². The van der Waals surface area contributed by atoms with Crippen molar-refractivity contribution in [2.75, 3.05) is 13.1 Å². The number of rotatable bonds is 2. The standard InChI is InChI=1S/C12H16FN3O.2ClH/c1-8(14)9-3-5-16(7-9)12(17)10-2-4-15-6-11(10)13;;/h2,4,6,8-9H,3,5,7,14H2,1H3;2*1H. The number of carbonyl (C=O) groups is 1. The van der Waals surface area contributed by atoms with E-state index in [0.717, 1.165) is 12.6 Å². The first-order chi connectivity index (χ1) is 8.09. The van der Waals surface area contributed by atoms with Gasteiger partial charge in [-0.05, 0) is 25.3 Å². The van der Waals surface area contributed by atoms with Crippen molar-refractivity contribution in [2.24, 2.45) is 11.7 Å². The summed E-state index contributed by atoms with van der Waals surface area (Å²) in [5, 5.41) is 0. The molecule has 4 nitrogen and oxygen atoms in total. The summed E-state index contributed by atoms with van der Waals surface area (Å²) in [6.45, 7) is 3.19. The van der Waals surface area contributed by atoms with Crippen LogP contribution in [0.4, 0.5) is 4.39 Å². The number of pyridine rings is 1. The third-order valence-electron chi connectivity index (χ3n) is 3.26. The normalized spacial score (nSPS) is 19.3. The molecule has 2 atom stereocenters. The number of carbonyl (C=O) groups excluding carboxylic acids is 1. The molecule has 2 unspecified atom stereocenters. The Kier molecular flexibility index (Phi) is 7.26. The van der Waals surface area contributed by atoms with Crippen LogP contribution in [0.25, 0.3) is 0 Å². The number of amides is 1. The molecule has 7 heteroatoms. The quantitative estimate of drug-likeness (QED) is 0.907. The van der Waals surface area contributed by atoms with Gasteiger partial charge in [-0.3, -0.25) is 9.78 Å². The number of aromatic nitrogens is 1. The van der Waals surface area contributed by atoms with Crippen LogP contribution in [0, 0.1) is 11.7 Å². The van der Waals surface area contributed by atoms with Crippen LogP contribution in [0.2, 0.25) is 0 Å². The van der Waals surface area contributed by atoms with E-state index >= 15 is 0 Å². The van der Waals surface area contributed by atoms with Gasteiger partial charge >= 0.3 is 0 Å². The average Bonchev–Trinajstić information content (AvgIpc) is 2.78. The second kappa shape index (κ2) is 7.62. The van der Waals surface area contributed by atoms with Crippen LogP contribution >= 0.6 is 24.8 Å². The molecule has 19 heavy (non-hydrogen) atoms. The van der Waals surface area contributed by atoms with Gasteiger partial charge < -0.3 is 10.6 Å². The van der Waals surface area contributed by atoms with Gasteiger partial charge in [0.05, 0.1) is 11.8 Å². The van der Waals surface area contributed by atoms with Crippen LogP contribution in [0.3, 0.4) is 0 Å². The molecule has 2 rings (SSSR count). The van der Waals surface area contributed by atoms with E-state index in [9.17, 15) is 9.18 Å². The first-order valence-corrected chi connectivity index (χ1v) is 5.74. The van der Waals surface area contributed by atoms with Gasteiger partial charge in [0, 0.05) is 25.3 Å². The molecule has 2 heterocycles. The van der Waals surface area contributed by atoms with Crippen molar-refractivity contribution in [1.29, 1.82) is 0 Å². The van der Waals surface area contributed by atoms with E-state index in [1.54, 1.807) is 4.90 Å². The zero-order chi connectivity index (χ0) is 12.4. The molecular weight excluding hydrogens is 292 g/mol. The van der Waals surface area contributed by atoms with Crippen molar-refractivity contribution < 1.29 is 9.18 Å². The van der Waals surface area contributed by atoms with Gasteiger partial charge in [-0.2, -0.15) is 0 Å². The summed E-state index contributed by atoms with van der Waals surface area (Å²) >= 11 is 0. The SMILES string of the molecule is CC(N)C1CCN(C(=O)c2ccncc2F)C1.Cl.Cl. The third kappa shape index (κ3) is 4.03. The van der Waals surface area contributed by atoms with Crippen LogP contribution in [-0.4, -0.2) is 34.9 Å². The molecule has 1 fully saturated rings. The van der Waals surface area contributed by atoms with Crippen molar-refractivity contribution in [2.45, 2.75) is 19.4 Å². The van der Waals surface area contributed by atoms with Crippen LogP contribution in [0.15, 0.2) is 18.5 Å². The summed E-state index contributed by atoms with van der Waals surface area (Å²) in [4.78, 5) is 17.3. The number of hydrogen-bond acceptors (Lipinski definition) is 3. The van der Waals surface area contributed by atoms with Gasteiger partial charge in [0.15, 0.2) is 5.82 Å². The lowest BCUT2D eigenvalue weighted by Gasteiger charge is -2.18. The minimum atomic E-state index is -0.568. The maximum Gasteiger partial charge on any atom is 0.256 e. The van der Waals surface area contributed by atoms with E-state index in [2.05, 4.69) is 4.98 Å². The summed E-state index contributed by atoms with van der Waals surface area (Å²) in [5.41, 5.74) is 5.89. The lowest BCUT2D eigenvalue weighted by atomic mass is 10.0. The molecule has 1 aliphatic rings. The summed E-state index contributed by atoms with van der Waals surface area (Å²) in [5.74, 6) is -0.529.